The molecular weight excluding hydrogens is 376 g/mol. The summed E-state index contributed by atoms with van der Waals surface area (Å²) in [6, 6.07) is 21.3. The Bertz CT molecular complexity index is 1240. The van der Waals surface area contributed by atoms with Gasteiger partial charge in [-0.25, -0.2) is 13.4 Å². The second-order valence-corrected chi connectivity index (χ2v) is 9.31. The fraction of sp³-hybridized carbons (Fsp3) is 0.0952. The van der Waals surface area contributed by atoms with Gasteiger partial charge in [0.2, 0.25) is 0 Å². The molecule has 0 radical (unpaired) electrons. The van der Waals surface area contributed by atoms with Crippen molar-refractivity contribution in [3.63, 3.8) is 0 Å². The molecule has 5 rings (SSSR count). The number of nitrogens with zero attached hydrogens (tertiary/aromatic N) is 2. The third-order valence-electron chi connectivity index (χ3n) is 4.78. The summed E-state index contributed by atoms with van der Waals surface area (Å²) in [4.78, 5) is 5.06. The zero-order valence-electron chi connectivity index (χ0n) is 14.4. The highest BCUT2D eigenvalue weighted by molar-refractivity contribution is 7.93. The lowest BCUT2D eigenvalue weighted by atomic mass is 10.1. The molecule has 0 saturated heterocycles. The van der Waals surface area contributed by atoms with Crippen LogP contribution in [0.3, 0.4) is 0 Å². The first-order valence-corrected chi connectivity index (χ1v) is 11.0. The summed E-state index contributed by atoms with van der Waals surface area (Å²) in [5, 5.41) is 4.69. The molecule has 0 spiro atoms. The molecule has 27 heavy (non-hydrogen) atoms. The average Bonchev–Trinajstić information content (AvgIpc) is 3.20. The van der Waals surface area contributed by atoms with Gasteiger partial charge in [-0.15, -0.1) is 11.3 Å². The van der Waals surface area contributed by atoms with Crippen LogP contribution in [0.15, 0.2) is 77.0 Å². The van der Waals surface area contributed by atoms with Crippen molar-refractivity contribution >= 4 is 37.8 Å². The van der Waals surface area contributed by atoms with Gasteiger partial charge in [0.1, 0.15) is 0 Å². The second kappa shape index (κ2) is 6.18. The summed E-state index contributed by atoms with van der Waals surface area (Å²) in [5.41, 5.74) is 2.71. The summed E-state index contributed by atoms with van der Waals surface area (Å²) < 4.78 is 27.6. The zero-order chi connectivity index (χ0) is 18.4. The van der Waals surface area contributed by atoms with Gasteiger partial charge in [0, 0.05) is 17.2 Å². The topological polar surface area (TPSA) is 50.3 Å². The summed E-state index contributed by atoms with van der Waals surface area (Å²) in [7, 11) is -3.55. The van der Waals surface area contributed by atoms with Gasteiger partial charge in [-0.1, -0.05) is 54.6 Å². The number of benzene rings is 3. The van der Waals surface area contributed by atoms with Crippen LogP contribution >= 0.6 is 11.3 Å². The van der Waals surface area contributed by atoms with E-state index in [9.17, 15) is 8.42 Å². The quantitative estimate of drug-likeness (QED) is 0.510. The zero-order valence-corrected chi connectivity index (χ0v) is 16.0. The number of hydrogen-bond acceptors (Lipinski definition) is 4. The lowest BCUT2D eigenvalue weighted by Crippen LogP contribution is -2.26. The van der Waals surface area contributed by atoms with Gasteiger partial charge in [0.05, 0.1) is 27.8 Å². The molecule has 134 valence electrons. The minimum absolute atomic E-state index is 0.251. The minimum atomic E-state index is -3.55. The van der Waals surface area contributed by atoms with Gasteiger partial charge >= 0.3 is 0 Å². The summed E-state index contributed by atoms with van der Waals surface area (Å²) in [5.74, 6) is 0. The van der Waals surface area contributed by atoms with Crippen LogP contribution in [0.25, 0.3) is 10.8 Å². The van der Waals surface area contributed by atoms with Crippen LogP contribution in [0, 0.1) is 0 Å². The molecular formula is C21H16N2O2S2. The van der Waals surface area contributed by atoms with Crippen molar-refractivity contribution in [2.24, 2.45) is 0 Å². The first-order valence-electron chi connectivity index (χ1n) is 8.64. The van der Waals surface area contributed by atoms with Crippen molar-refractivity contribution < 1.29 is 8.42 Å². The normalized spacial score (nSPS) is 14.7. The van der Waals surface area contributed by atoms with Crippen molar-refractivity contribution in [3.05, 3.63) is 88.4 Å². The Morgan fingerprint density at radius 2 is 1.70 bits per heavy atom. The van der Waals surface area contributed by atoms with E-state index in [4.69, 9.17) is 0 Å². The Kier molecular flexibility index (Phi) is 3.77. The van der Waals surface area contributed by atoms with Crippen LogP contribution in [0.2, 0.25) is 0 Å². The molecule has 6 heteroatoms. The number of thiazole rings is 1. The molecule has 0 N–H and O–H groups in total. The highest BCUT2D eigenvalue weighted by Gasteiger charge is 2.35. The Morgan fingerprint density at radius 1 is 0.926 bits per heavy atom. The van der Waals surface area contributed by atoms with E-state index in [-0.39, 0.29) is 6.54 Å². The molecule has 0 fully saturated rings. The lowest BCUT2D eigenvalue weighted by molar-refractivity contribution is 0.593. The van der Waals surface area contributed by atoms with E-state index < -0.39 is 10.0 Å². The second-order valence-electron chi connectivity index (χ2n) is 6.54. The number of anilines is 1. The molecule has 0 amide bonds. The van der Waals surface area contributed by atoms with Crippen LogP contribution in [0.1, 0.15) is 16.3 Å². The first-order chi connectivity index (χ1) is 13.1. The van der Waals surface area contributed by atoms with Crippen LogP contribution in [-0.4, -0.2) is 13.4 Å². The first kappa shape index (κ1) is 16.5. The van der Waals surface area contributed by atoms with Crippen LogP contribution in [0.5, 0.6) is 0 Å². The molecule has 1 aromatic heterocycles. The fourth-order valence-corrected chi connectivity index (χ4v) is 6.05. The third kappa shape index (κ3) is 2.72. The highest BCUT2D eigenvalue weighted by atomic mass is 32.2. The van der Waals surface area contributed by atoms with Gasteiger partial charge in [-0.05, 0) is 23.1 Å². The van der Waals surface area contributed by atoms with Crippen LogP contribution < -0.4 is 4.31 Å². The Labute approximate surface area is 161 Å². The Balaban J connectivity index is 1.48. The van der Waals surface area contributed by atoms with E-state index >= 15 is 0 Å². The molecule has 0 saturated carbocycles. The van der Waals surface area contributed by atoms with E-state index in [1.54, 1.807) is 23.5 Å². The monoisotopic (exact) mass is 392 g/mol. The van der Waals surface area contributed by atoms with Crippen molar-refractivity contribution in [3.8, 4) is 0 Å². The number of aromatic nitrogens is 1. The standard InChI is InChI=1S/C21H16N2O2S2/c24-27(25)19-11-5-9-16-8-4-10-18(21(16)19)23(27)13-17-14-26-20(22-17)12-15-6-2-1-3-7-15/h1-11,14H,12-13H2. The van der Waals surface area contributed by atoms with Crippen LogP contribution in [-0.2, 0) is 23.0 Å². The van der Waals surface area contributed by atoms with E-state index in [1.165, 1.54) is 9.87 Å². The van der Waals surface area contributed by atoms with Gasteiger partial charge in [-0.2, -0.15) is 0 Å². The van der Waals surface area contributed by atoms with Gasteiger partial charge in [0.15, 0.2) is 0 Å². The van der Waals surface area contributed by atoms with E-state index in [0.29, 0.717) is 4.90 Å². The van der Waals surface area contributed by atoms with Gasteiger partial charge < -0.3 is 0 Å². The van der Waals surface area contributed by atoms with Gasteiger partial charge in [-0.3, -0.25) is 4.31 Å². The van der Waals surface area contributed by atoms with E-state index in [1.807, 2.05) is 47.8 Å². The van der Waals surface area contributed by atoms with Crippen LogP contribution in [0.4, 0.5) is 5.69 Å². The van der Waals surface area contributed by atoms with Crippen molar-refractivity contribution in [2.75, 3.05) is 4.31 Å². The molecule has 1 aliphatic rings. The predicted octanol–water partition coefficient (Wildman–Crippen LogP) is 4.60. The summed E-state index contributed by atoms with van der Waals surface area (Å²) in [6.07, 6.45) is 0.758. The average molecular weight is 393 g/mol. The summed E-state index contributed by atoms with van der Waals surface area (Å²) in [6.45, 7) is 0.251. The molecule has 3 aromatic carbocycles. The smallest absolute Gasteiger partial charge is 0.260 e. The summed E-state index contributed by atoms with van der Waals surface area (Å²) >= 11 is 1.57. The van der Waals surface area contributed by atoms with E-state index in [0.717, 1.165) is 33.6 Å². The molecule has 4 nitrogen and oxygen atoms in total. The Morgan fingerprint density at radius 3 is 2.52 bits per heavy atom. The minimum Gasteiger partial charge on any atom is -0.260 e. The Hall–Kier alpha value is -2.70. The fourth-order valence-electron chi connectivity index (χ4n) is 3.55. The number of rotatable bonds is 4. The SMILES string of the molecule is O=S1(=O)c2cccc3cccc(c23)N1Cc1csc(Cc2ccccc2)n1. The maximum absolute atomic E-state index is 13.1. The molecule has 0 bridgehead atoms. The maximum Gasteiger partial charge on any atom is 0.265 e. The van der Waals surface area contributed by atoms with E-state index in [2.05, 4.69) is 17.1 Å². The van der Waals surface area contributed by atoms with Crippen molar-refractivity contribution in [2.45, 2.75) is 17.9 Å². The predicted molar refractivity (Wildman–Crippen MR) is 109 cm³/mol. The largest absolute Gasteiger partial charge is 0.265 e. The maximum atomic E-state index is 13.1. The van der Waals surface area contributed by atoms with Gasteiger partial charge in [0.25, 0.3) is 10.0 Å². The third-order valence-corrected chi connectivity index (χ3v) is 7.48. The van der Waals surface area contributed by atoms with Crippen molar-refractivity contribution in [1.82, 2.24) is 4.98 Å². The number of hydrogen-bond donors (Lipinski definition) is 0. The molecule has 2 heterocycles. The molecule has 4 aromatic rings. The molecule has 0 aliphatic carbocycles. The number of sulfonamides is 1. The lowest BCUT2D eigenvalue weighted by Gasteiger charge is -2.17. The van der Waals surface area contributed by atoms with Crippen molar-refractivity contribution in [1.29, 1.82) is 0 Å². The highest BCUT2D eigenvalue weighted by Crippen LogP contribution is 2.42. The molecule has 0 atom stereocenters. The molecule has 0 unspecified atom stereocenters. The molecule has 1 aliphatic heterocycles.